The van der Waals surface area contributed by atoms with Gasteiger partial charge in [0.2, 0.25) is 5.90 Å². The maximum absolute atomic E-state index is 12.0. The summed E-state index contributed by atoms with van der Waals surface area (Å²) < 4.78 is 7.23. The first kappa shape index (κ1) is 13.4. The molecule has 0 saturated carbocycles. The highest BCUT2D eigenvalue weighted by atomic mass is 32.1. The van der Waals surface area contributed by atoms with Crippen molar-refractivity contribution in [2.45, 2.75) is 13.8 Å². The number of aromatic nitrogens is 2. The molecule has 0 radical (unpaired) electrons. The first-order valence-corrected chi connectivity index (χ1v) is 8.33. The molecule has 0 spiro atoms. The minimum Gasteiger partial charge on any atom is -0.401 e. The largest absolute Gasteiger partial charge is 0.401 e. The highest BCUT2D eigenvalue weighted by Crippen LogP contribution is 2.25. The summed E-state index contributed by atoms with van der Waals surface area (Å²) >= 11 is 3.11. The third kappa shape index (κ3) is 2.10. The maximum atomic E-state index is 12.0. The van der Waals surface area contributed by atoms with E-state index in [0.717, 1.165) is 21.2 Å². The lowest BCUT2D eigenvalue weighted by molar-refractivity contribution is -0.129. The van der Waals surface area contributed by atoms with Crippen molar-refractivity contribution in [3.8, 4) is 0 Å². The molecule has 0 bridgehead atoms. The van der Waals surface area contributed by atoms with E-state index in [0.29, 0.717) is 11.6 Å². The smallest absolute Gasteiger partial charge is 0.363 e. The van der Waals surface area contributed by atoms with E-state index in [-0.39, 0.29) is 0 Å². The van der Waals surface area contributed by atoms with Crippen molar-refractivity contribution in [3.63, 3.8) is 0 Å². The number of fused-ring (bicyclic) bond motifs is 1. The van der Waals surface area contributed by atoms with Gasteiger partial charge in [0.25, 0.3) is 0 Å². The average molecular weight is 329 g/mol. The van der Waals surface area contributed by atoms with Crippen LogP contribution in [0.15, 0.2) is 34.4 Å². The number of cyclic esters (lactones) is 1. The lowest BCUT2D eigenvalue weighted by Gasteiger charge is -1.94. The van der Waals surface area contributed by atoms with Crippen molar-refractivity contribution < 1.29 is 9.53 Å². The Hall–Kier alpha value is -2.25. The number of nitrogens with zero attached hydrogens (tertiary/aromatic N) is 3. The molecule has 0 saturated heterocycles. The molecule has 3 aromatic heterocycles. The van der Waals surface area contributed by atoms with Gasteiger partial charge in [0.05, 0.1) is 16.3 Å². The first-order chi connectivity index (χ1) is 10.6. The molecular formula is C15H11N3O2S2. The number of thiazole rings is 1. The zero-order chi connectivity index (χ0) is 15.3. The quantitative estimate of drug-likeness (QED) is 0.535. The molecule has 0 fully saturated rings. The van der Waals surface area contributed by atoms with Crippen LogP contribution in [0.3, 0.4) is 0 Å². The number of hydrogen-bond acceptors (Lipinski definition) is 6. The fourth-order valence-electron chi connectivity index (χ4n) is 2.30. The molecule has 5 nitrogen and oxygen atoms in total. The number of thiophene rings is 1. The van der Waals surface area contributed by atoms with Crippen LogP contribution in [0.4, 0.5) is 0 Å². The van der Waals surface area contributed by atoms with Crippen molar-refractivity contribution in [1.29, 1.82) is 0 Å². The highest BCUT2D eigenvalue weighted by Gasteiger charge is 2.25. The summed E-state index contributed by atoms with van der Waals surface area (Å²) in [6.07, 6.45) is 3.75. The van der Waals surface area contributed by atoms with E-state index >= 15 is 0 Å². The third-order valence-corrected chi connectivity index (χ3v) is 5.04. The second-order valence-corrected chi connectivity index (χ2v) is 7.05. The van der Waals surface area contributed by atoms with Crippen LogP contribution in [0.1, 0.15) is 21.1 Å². The van der Waals surface area contributed by atoms with Crippen molar-refractivity contribution >= 4 is 45.6 Å². The lowest BCUT2D eigenvalue weighted by Crippen LogP contribution is -2.03. The molecule has 4 rings (SSSR count). The van der Waals surface area contributed by atoms with Crippen molar-refractivity contribution in [2.24, 2.45) is 4.99 Å². The predicted octanol–water partition coefficient (Wildman–Crippen LogP) is 3.42. The summed E-state index contributed by atoms with van der Waals surface area (Å²) in [6, 6.07) is 3.78. The van der Waals surface area contributed by atoms with Crippen molar-refractivity contribution in [3.05, 3.63) is 50.5 Å². The highest BCUT2D eigenvalue weighted by molar-refractivity contribution is 7.17. The number of imidazole rings is 1. The van der Waals surface area contributed by atoms with Gasteiger partial charge in [-0.3, -0.25) is 4.40 Å². The minimum absolute atomic E-state index is 0.303. The Morgan fingerprint density at radius 1 is 1.36 bits per heavy atom. The molecule has 0 atom stereocenters. The van der Waals surface area contributed by atoms with E-state index in [9.17, 15) is 4.79 Å². The van der Waals surface area contributed by atoms with E-state index in [1.807, 2.05) is 42.0 Å². The van der Waals surface area contributed by atoms with Crippen LogP contribution in [0.5, 0.6) is 0 Å². The zero-order valence-corrected chi connectivity index (χ0v) is 13.5. The van der Waals surface area contributed by atoms with Crippen LogP contribution in [-0.2, 0) is 9.53 Å². The molecule has 1 aliphatic rings. The minimum atomic E-state index is -0.426. The van der Waals surface area contributed by atoms with Crippen molar-refractivity contribution in [2.75, 3.05) is 0 Å². The monoisotopic (exact) mass is 329 g/mol. The third-order valence-electron chi connectivity index (χ3n) is 3.29. The van der Waals surface area contributed by atoms with E-state index < -0.39 is 5.97 Å². The molecular weight excluding hydrogens is 318 g/mol. The van der Waals surface area contributed by atoms with Crippen LogP contribution in [-0.4, -0.2) is 21.3 Å². The Bertz CT molecular complexity index is 945. The number of carbonyl (C=O) groups is 1. The van der Waals surface area contributed by atoms with Gasteiger partial charge in [-0.15, -0.1) is 22.7 Å². The summed E-state index contributed by atoms with van der Waals surface area (Å²) in [7, 11) is 0. The number of rotatable bonds is 2. The lowest BCUT2D eigenvalue weighted by atomic mass is 10.3. The molecule has 0 aliphatic carbocycles. The zero-order valence-electron chi connectivity index (χ0n) is 11.9. The van der Waals surface area contributed by atoms with Gasteiger partial charge < -0.3 is 4.74 Å². The summed E-state index contributed by atoms with van der Waals surface area (Å²) in [5.74, 6) is -0.0594. The number of carbonyl (C=O) groups excluding carboxylic acids is 1. The Balaban J connectivity index is 1.81. The number of hydrogen-bond donors (Lipinski definition) is 0. The van der Waals surface area contributed by atoms with Gasteiger partial charge in [0.1, 0.15) is 0 Å². The van der Waals surface area contributed by atoms with Gasteiger partial charge in [-0.2, -0.15) is 0 Å². The molecule has 110 valence electrons. The topological polar surface area (TPSA) is 56.0 Å². The predicted molar refractivity (Wildman–Crippen MR) is 87.5 cm³/mol. The fourth-order valence-corrected chi connectivity index (χ4v) is 3.83. The first-order valence-electron chi connectivity index (χ1n) is 6.63. The van der Waals surface area contributed by atoms with E-state index in [2.05, 4.69) is 9.98 Å². The van der Waals surface area contributed by atoms with Crippen LogP contribution >= 0.6 is 22.7 Å². The molecule has 0 amide bonds. The van der Waals surface area contributed by atoms with Gasteiger partial charge in [0.15, 0.2) is 10.7 Å². The SMILES string of the molecule is Cc1cn2c(C=C3N=C(c4cccs4)OC3=O)c(C)nc2s1. The summed E-state index contributed by atoms with van der Waals surface area (Å²) in [4.78, 5) is 23.8. The Morgan fingerprint density at radius 3 is 3.00 bits per heavy atom. The molecule has 3 aromatic rings. The number of aryl methyl sites for hydroxylation is 2. The summed E-state index contributed by atoms with van der Waals surface area (Å²) in [6.45, 7) is 3.95. The second-order valence-electron chi connectivity index (χ2n) is 4.89. The fraction of sp³-hybridized carbons (Fsp3) is 0.133. The van der Waals surface area contributed by atoms with Crippen molar-refractivity contribution in [1.82, 2.24) is 9.38 Å². The van der Waals surface area contributed by atoms with E-state index in [4.69, 9.17) is 4.74 Å². The average Bonchev–Trinajstić information content (AvgIpc) is 3.19. The Kier molecular flexibility index (Phi) is 2.98. The van der Waals surface area contributed by atoms with Gasteiger partial charge in [-0.25, -0.2) is 14.8 Å². The van der Waals surface area contributed by atoms with E-state index in [1.54, 1.807) is 17.4 Å². The molecule has 22 heavy (non-hydrogen) atoms. The number of esters is 1. The van der Waals surface area contributed by atoms with Crippen LogP contribution in [0.25, 0.3) is 11.0 Å². The molecule has 0 unspecified atom stereocenters. The van der Waals surface area contributed by atoms with Crippen LogP contribution in [0.2, 0.25) is 0 Å². The van der Waals surface area contributed by atoms with Gasteiger partial charge in [-0.05, 0) is 31.4 Å². The maximum Gasteiger partial charge on any atom is 0.363 e. The summed E-state index contributed by atoms with van der Waals surface area (Å²) in [5, 5.41) is 1.92. The molecule has 1 aliphatic heterocycles. The molecule has 0 N–H and O–H groups in total. The second kappa shape index (κ2) is 4.89. The standard InChI is InChI=1S/C15H11N3O2S2/c1-8-7-18-11(9(2)16-15(18)22-8)6-10-14(19)20-13(17-10)12-4-3-5-21-12/h3-7H,1-2H3. The van der Waals surface area contributed by atoms with Crippen LogP contribution in [0, 0.1) is 13.8 Å². The normalized spacial score (nSPS) is 16.5. The molecule has 7 heteroatoms. The molecule has 0 aromatic carbocycles. The Morgan fingerprint density at radius 2 is 2.23 bits per heavy atom. The van der Waals surface area contributed by atoms with Crippen LogP contribution < -0.4 is 0 Å². The number of ether oxygens (including phenoxy) is 1. The molecule has 4 heterocycles. The van der Waals surface area contributed by atoms with Gasteiger partial charge in [0, 0.05) is 11.1 Å². The number of aliphatic imine (C=N–C) groups is 1. The van der Waals surface area contributed by atoms with Gasteiger partial charge in [-0.1, -0.05) is 6.07 Å². The van der Waals surface area contributed by atoms with E-state index in [1.165, 1.54) is 16.2 Å². The van der Waals surface area contributed by atoms with Gasteiger partial charge >= 0.3 is 5.97 Å². The summed E-state index contributed by atoms with van der Waals surface area (Å²) in [5.41, 5.74) is 2.03. The Labute approximate surface area is 134 Å².